The normalized spacial score (nSPS) is 17.0. The molecule has 0 unspecified atom stereocenters. The first-order valence-corrected chi connectivity index (χ1v) is 8.15. The lowest BCUT2D eigenvalue weighted by Crippen LogP contribution is -2.28. The molecule has 1 aromatic heterocycles. The SMILES string of the molecule is O=c1c2cc([N+](=O)[O-])ccc2nc([C@@H]2CCCN2)n1-c1ccccc1. The highest BCUT2D eigenvalue weighted by atomic mass is 16.6. The molecule has 4 rings (SSSR count). The predicted molar refractivity (Wildman–Crippen MR) is 94.0 cm³/mol. The van der Waals surface area contributed by atoms with E-state index in [0.717, 1.165) is 19.4 Å². The number of nitrogens with one attached hydrogen (secondary N) is 1. The van der Waals surface area contributed by atoms with Crippen molar-refractivity contribution in [1.29, 1.82) is 0 Å². The van der Waals surface area contributed by atoms with Gasteiger partial charge >= 0.3 is 0 Å². The maximum atomic E-state index is 13.2. The zero-order chi connectivity index (χ0) is 17.4. The van der Waals surface area contributed by atoms with Gasteiger partial charge < -0.3 is 5.32 Å². The highest BCUT2D eigenvalue weighted by Gasteiger charge is 2.24. The van der Waals surface area contributed by atoms with Gasteiger partial charge in [0.25, 0.3) is 11.2 Å². The van der Waals surface area contributed by atoms with E-state index < -0.39 is 4.92 Å². The number of nitro groups is 1. The topological polar surface area (TPSA) is 90.1 Å². The standard InChI is InChI=1S/C18H16N4O3/c23-18-14-11-13(22(24)25)8-9-15(14)20-17(16-7-4-10-19-16)21(18)12-5-2-1-3-6-12/h1-3,5-6,8-9,11,16,19H,4,7,10H2/t16-/m0/s1. The molecule has 25 heavy (non-hydrogen) atoms. The van der Waals surface area contributed by atoms with Gasteiger partial charge in [-0.25, -0.2) is 4.98 Å². The minimum atomic E-state index is -0.502. The van der Waals surface area contributed by atoms with Crippen molar-refractivity contribution in [2.75, 3.05) is 6.54 Å². The molecule has 1 N–H and O–H groups in total. The smallest absolute Gasteiger partial charge is 0.270 e. The summed E-state index contributed by atoms with van der Waals surface area (Å²) in [5.74, 6) is 0.648. The van der Waals surface area contributed by atoms with Crippen LogP contribution in [-0.2, 0) is 0 Å². The Labute approximate surface area is 143 Å². The number of non-ortho nitro benzene ring substituents is 1. The summed E-state index contributed by atoms with van der Waals surface area (Å²) in [5, 5.41) is 14.7. The van der Waals surface area contributed by atoms with Crippen LogP contribution in [0.25, 0.3) is 16.6 Å². The third-order valence-electron chi connectivity index (χ3n) is 4.47. The van der Waals surface area contributed by atoms with E-state index in [4.69, 9.17) is 0 Å². The quantitative estimate of drug-likeness (QED) is 0.587. The van der Waals surface area contributed by atoms with E-state index in [1.807, 2.05) is 30.3 Å². The minimum Gasteiger partial charge on any atom is -0.307 e. The Morgan fingerprint density at radius 3 is 2.68 bits per heavy atom. The Balaban J connectivity index is 2.03. The first-order chi connectivity index (χ1) is 12.1. The highest BCUT2D eigenvalue weighted by Crippen LogP contribution is 2.25. The van der Waals surface area contributed by atoms with Gasteiger partial charge in [0.2, 0.25) is 0 Å². The van der Waals surface area contributed by atoms with Crippen molar-refractivity contribution >= 4 is 16.6 Å². The third kappa shape index (κ3) is 2.68. The van der Waals surface area contributed by atoms with Crippen LogP contribution >= 0.6 is 0 Å². The molecule has 0 saturated carbocycles. The van der Waals surface area contributed by atoms with Crippen molar-refractivity contribution in [2.45, 2.75) is 18.9 Å². The molecule has 3 aromatic rings. The molecule has 0 aliphatic carbocycles. The van der Waals surface area contributed by atoms with Crippen LogP contribution in [0.2, 0.25) is 0 Å². The van der Waals surface area contributed by atoms with Crippen LogP contribution in [0.3, 0.4) is 0 Å². The van der Waals surface area contributed by atoms with E-state index in [0.29, 0.717) is 17.0 Å². The lowest BCUT2D eigenvalue weighted by atomic mass is 10.1. The molecule has 1 fully saturated rings. The predicted octanol–water partition coefficient (Wildman–Crippen LogP) is 2.72. The van der Waals surface area contributed by atoms with Gasteiger partial charge in [-0.3, -0.25) is 19.5 Å². The Morgan fingerprint density at radius 1 is 1.20 bits per heavy atom. The van der Waals surface area contributed by atoms with Gasteiger partial charge in [0.05, 0.1) is 27.6 Å². The second-order valence-electron chi connectivity index (χ2n) is 6.05. The van der Waals surface area contributed by atoms with E-state index in [2.05, 4.69) is 10.3 Å². The van der Waals surface area contributed by atoms with Gasteiger partial charge in [-0.15, -0.1) is 0 Å². The van der Waals surface area contributed by atoms with E-state index >= 15 is 0 Å². The third-order valence-corrected chi connectivity index (χ3v) is 4.47. The maximum absolute atomic E-state index is 13.2. The molecule has 0 spiro atoms. The molecule has 1 saturated heterocycles. The molecule has 2 aromatic carbocycles. The lowest BCUT2D eigenvalue weighted by Gasteiger charge is -2.18. The molecular formula is C18H16N4O3. The largest absolute Gasteiger partial charge is 0.307 e. The van der Waals surface area contributed by atoms with Crippen molar-refractivity contribution < 1.29 is 4.92 Å². The van der Waals surface area contributed by atoms with Crippen molar-refractivity contribution in [3.63, 3.8) is 0 Å². The molecule has 7 nitrogen and oxygen atoms in total. The van der Waals surface area contributed by atoms with Gasteiger partial charge in [-0.05, 0) is 37.6 Å². The Morgan fingerprint density at radius 2 is 2.00 bits per heavy atom. The van der Waals surface area contributed by atoms with E-state index in [-0.39, 0.29) is 22.7 Å². The van der Waals surface area contributed by atoms with Crippen molar-refractivity contribution in [3.05, 3.63) is 74.8 Å². The van der Waals surface area contributed by atoms with Crippen molar-refractivity contribution in [1.82, 2.24) is 14.9 Å². The first-order valence-electron chi connectivity index (χ1n) is 8.15. The molecule has 7 heteroatoms. The van der Waals surface area contributed by atoms with Gasteiger partial charge in [0.1, 0.15) is 5.82 Å². The van der Waals surface area contributed by atoms with Crippen molar-refractivity contribution in [2.24, 2.45) is 0 Å². The fourth-order valence-electron chi connectivity index (χ4n) is 3.27. The number of fused-ring (bicyclic) bond motifs is 1. The summed E-state index contributed by atoms with van der Waals surface area (Å²) in [4.78, 5) is 28.4. The zero-order valence-corrected chi connectivity index (χ0v) is 13.4. The maximum Gasteiger partial charge on any atom is 0.270 e. The average Bonchev–Trinajstić information content (AvgIpc) is 3.16. The first kappa shape index (κ1) is 15.5. The molecule has 1 aliphatic heterocycles. The minimum absolute atomic E-state index is 0.00695. The summed E-state index contributed by atoms with van der Waals surface area (Å²) in [7, 11) is 0. The summed E-state index contributed by atoms with van der Waals surface area (Å²) in [6.45, 7) is 0.883. The van der Waals surface area contributed by atoms with Crippen LogP contribution in [0.1, 0.15) is 24.7 Å². The molecule has 126 valence electrons. The Bertz CT molecular complexity index is 1010. The molecule has 0 bridgehead atoms. The van der Waals surface area contributed by atoms with Crippen LogP contribution < -0.4 is 10.9 Å². The zero-order valence-electron chi connectivity index (χ0n) is 13.4. The fourth-order valence-corrected chi connectivity index (χ4v) is 3.27. The second-order valence-corrected chi connectivity index (χ2v) is 6.05. The number of para-hydroxylation sites is 1. The molecule has 0 amide bonds. The van der Waals surface area contributed by atoms with Crippen LogP contribution in [0.4, 0.5) is 5.69 Å². The van der Waals surface area contributed by atoms with E-state index in [1.165, 1.54) is 12.1 Å². The molecule has 1 atom stereocenters. The molecule has 0 radical (unpaired) electrons. The van der Waals surface area contributed by atoms with Crippen molar-refractivity contribution in [3.8, 4) is 5.69 Å². The number of aromatic nitrogens is 2. The van der Waals surface area contributed by atoms with Crippen LogP contribution in [0, 0.1) is 10.1 Å². The number of benzene rings is 2. The summed E-state index contributed by atoms with van der Waals surface area (Å²) in [6, 6.07) is 13.5. The highest BCUT2D eigenvalue weighted by molar-refractivity contribution is 5.80. The van der Waals surface area contributed by atoms with E-state index in [9.17, 15) is 14.9 Å². The Kier molecular flexibility index (Phi) is 3.77. The van der Waals surface area contributed by atoms with Crippen LogP contribution in [0.15, 0.2) is 53.3 Å². The monoisotopic (exact) mass is 336 g/mol. The summed E-state index contributed by atoms with van der Waals surface area (Å²) in [5.41, 5.74) is 0.782. The number of nitro benzene ring substituents is 1. The van der Waals surface area contributed by atoms with Gasteiger partial charge in [0, 0.05) is 12.1 Å². The van der Waals surface area contributed by atoms with Crippen LogP contribution in [-0.4, -0.2) is 21.0 Å². The van der Waals surface area contributed by atoms with Gasteiger partial charge in [-0.2, -0.15) is 0 Å². The lowest BCUT2D eigenvalue weighted by molar-refractivity contribution is -0.384. The summed E-state index contributed by atoms with van der Waals surface area (Å²) < 4.78 is 1.56. The molecular weight excluding hydrogens is 320 g/mol. The van der Waals surface area contributed by atoms with Gasteiger partial charge in [0.15, 0.2) is 0 Å². The Hall–Kier alpha value is -3.06. The second kappa shape index (κ2) is 6.10. The molecule has 2 heterocycles. The number of hydrogen-bond acceptors (Lipinski definition) is 5. The summed E-state index contributed by atoms with van der Waals surface area (Å²) in [6.07, 6.45) is 1.92. The summed E-state index contributed by atoms with van der Waals surface area (Å²) >= 11 is 0. The average molecular weight is 336 g/mol. The van der Waals surface area contributed by atoms with Gasteiger partial charge in [-0.1, -0.05) is 18.2 Å². The van der Waals surface area contributed by atoms with E-state index in [1.54, 1.807) is 10.6 Å². The number of rotatable bonds is 3. The fraction of sp³-hybridized carbons (Fsp3) is 0.222. The number of hydrogen-bond donors (Lipinski definition) is 1. The van der Waals surface area contributed by atoms with Crippen LogP contribution in [0.5, 0.6) is 0 Å². The molecule has 1 aliphatic rings. The number of nitrogens with zero attached hydrogens (tertiary/aromatic N) is 3.